The summed E-state index contributed by atoms with van der Waals surface area (Å²) < 4.78 is 31.9. The third-order valence-electron chi connectivity index (χ3n) is 2.76. The molecule has 1 aromatic heterocycles. The number of aromatic nitrogens is 2. The Labute approximate surface area is 128 Å². The van der Waals surface area contributed by atoms with E-state index in [-0.39, 0.29) is 12.3 Å². The second-order valence-corrected chi connectivity index (χ2v) is 5.25. The van der Waals surface area contributed by atoms with E-state index in [2.05, 4.69) is 21.0 Å². The molecule has 2 aromatic rings. The lowest BCUT2D eigenvalue weighted by atomic mass is 10.1. The zero-order valence-electron chi connectivity index (χ0n) is 11.2. The molecule has 0 amide bonds. The first-order valence-electron chi connectivity index (χ1n) is 6.28. The fourth-order valence-corrected chi connectivity index (χ4v) is 2.04. The average molecular weight is 359 g/mol. The van der Waals surface area contributed by atoms with Gasteiger partial charge in [0.15, 0.2) is 5.69 Å². The van der Waals surface area contributed by atoms with Crippen molar-refractivity contribution in [2.24, 2.45) is 0 Å². The number of alkyl halides is 3. The number of hydrogen-bond acceptors (Lipinski definition) is 3. The van der Waals surface area contributed by atoms with Crippen LogP contribution in [0.4, 0.5) is 8.78 Å². The lowest BCUT2D eigenvalue weighted by molar-refractivity contribution is 0.0190. The topological polar surface area (TPSA) is 44.1 Å². The Kier molecular flexibility index (Phi) is 4.72. The average Bonchev–Trinajstić information content (AvgIpc) is 2.84. The predicted octanol–water partition coefficient (Wildman–Crippen LogP) is 3.55. The van der Waals surface area contributed by atoms with Crippen molar-refractivity contribution in [1.29, 1.82) is 0 Å². The molecule has 0 aliphatic heterocycles. The van der Waals surface area contributed by atoms with Crippen molar-refractivity contribution in [2.75, 3.05) is 6.61 Å². The molecule has 0 fully saturated rings. The zero-order chi connectivity index (χ0) is 15.5. The van der Waals surface area contributed by atoms with Crippen LogP contribution in [0.25, 0.3) is 0 Å². The summed E-state index contributed by atoms with van der Waals surface area (Å²) in [6, 6.07) is 9.22. The molecule has 4 nitrogen and oxygen atoms in total. The first-order valence-corrected chi connectivity index (χ1v) is 7.08. The Morgan fingerprint density at radius 3 is 2.62 bits per heavy atom. The molecular formula is C14H13BrF2N2O2. The number of benzene rings is 1. The summed E-state index contributed by atoms with van der Waals surface area (Å²) in [7, 11) is 0. The van der Waals surface area contributed by atoms with Crippen LogP contribution in [0.5, 0.6) is 0 Å². The van der Waals surface area contributed by atoms with Crippen LogP contribution >= 0.6 is 15.9 Å². The van der Waals surface area contributed by atoms with Crippen LogP contribution in [-0.4, -0.2) is 22.4 Å². The molecule has 2 rings (SSSR count). The minimum Gasteiger partial charge on any atom is -0.461 e. The molecule has 0 saturated heterocycles. The molecular weight excluding hydrogens is 346 g/mol. The van der Waals surface area contributed by atoms with Crippen LogP contribution in [-0.2, 0) is 16.1 Å². The van der Waals surface area contributed by atoms with E-state index in [4.69, 9.17) is 4.74 Å². The van der Waals surface area contributed by atoms with E-state index in [1.807, 2.05) is 30.3 Å². The van der Waals surface area contributed by atoms with Crippen LogP contribution < -0.4 is 0 Å². The molecule has 21 heavy (non-hydrogen) atoms. The maximum Gasteiger partial charge on any atom is 0.401 e. The third-order valence-corrected chi connectivity index (χ3v) is 3.12. The van der Waals surface area contributed by atoms with Crippen molar-refractivity contribution in [2.45, 2.75) is 18.3 Å². The van der Waals surface area contributed by atoms with Crippen LogP contribution in [0, 0.1) is 0 Å². The smallest absolute Gasteiger partial charge is 0.401 e. The maximum atomic E-state index is 13.3. The standard InChI is InChI=1S/C14H13BrF2N2O2/c1-2-21-13(20)12-11(8-10-6-4-3-5-7-10)9-19(18-12)14(15,16)17/h3-7,9H,2,8H2,1H3. The van der Waals surface area contributed by atoms with Gasteiger partial charge in [-0.3, -0.25) is 0 Å². The van der Waals surface area contributed by atoms with E-state index in [9.17, 15) is 13.6 Å². The number of ether oxygens (including phenoxy) is 1. The number of halogens is 3. The van der Waals surface area contributed by atoms with Crippen molar-refractivity contribution in [1.82, 2.24) is 9.78 Å². The minimum absolute atomic E-state index is 0.0974. The lowest BCUT2D eigenvalue weighted by Crippen LogP contribution is -2.16. The van der Waals surface area contributed by atoms with Gasteiger partial charge in [-0.2, -0.15) is 18.6 Å². The molecule has 0 radical (unpaired) electrons. The van der Waals surface area contributed by atoms with E-state index in [0.717, 1.165) is 11.8 Å². The van der Waals surface area contributed by atoms with Gasteiger partial charge in [-0.1, -0.05) is 30.3 Å². The normalized spacial score (nSPS) is 11.4. The van der Waals surface area contributed by atoms with E-state index in [1.165, 1.54) is 0 Å². The number of carbonyl (C=O) groups excluding carboxylic acids is 1. The highest BCUT2D eigenvalue weighted by Gasteiger charge is 2.31. The van der Waals surface area contributed by atoms with Gasteiger partial charge in [-0.05, 0) is 12.5 Å². The number of carbonyl (C=O) groups is 1. The van der Waals surface area contributed by atoms with E-state index in [0.29, 0.717) is 16.7 Å². The predicted molar refractivity (Wildman–Crippen MR) is 76.5 cm³/mol. The fraction of sp³-hybridized carbons (Fsp3) is 0.286. The van der Waals surface area contributed by atoms with Crippen LogP contribution in [0.3, 0.4) is 0 Å². The van der Waals surface area contributed by atoms with Crippen molar-refractivity contribution in [3.63, 3.8) is 0 Å². The Hall–Kier alpha value is -1.76. The molecule has 0 saturated carbocycles. The molecule has 0 aliphatic carbocycles. The number of hydrogen-bond donors (Lipinski definition) is 0. The Bertz CT molecular complexity index is 624. The highest BCUT2D eigenvalue weighted by Crippen LogP contribution is 2.29. The second kappa shape index (κ2) is 6.34. The summed E-state index contributed by atoms with van der Waals surface area (Å²) in [5, 5.41) is 3.64. The summed E-state index contributed by atoms with van der Waals surface area (Å²) in [5.74, 6) is -0.709. The van der Waals surface area contributed by atoms with Gasteiger partial charge < -0.3 is 4.74 Å². The Morgan fingerprint density at radius 1 is 1.38 bits per heavy atom. The van der Waals surface area contributed by atoms with Crippen molar-refractivity contribution < 1.29 is 18.3 Å². The Balaban J connectivity index is 2.37. The molecule has 0 atom stereocenters. The molecule has 7 heteroatoms. The summed E-state index contributed by atoms with van der Waals surface area (Å²) in [4.78, 5) is 8.48. The molecule has 0 spiro atoms. The van der Waals surface area contributed by atoms with Gasteiger partial charge in [0.2, 0.25) is 0 Å². The molecule has 0 unspecified atom stereocenters. The lowest BCUT2D eigenvalue weighted by Gasteiger charge is -2.06. The van der Waals surface area contributed by atoms with Gasteiger partial charge in [0, 0.05) is 34.1 Å². The van der Waals surface area contributed by atoms with Gasteiger partial charge in [0.05, 0.1) is 6.61 Å². The molecule has 0 N–H and O–H groups in total. The molecule has 1 heterocycles. The van der Waals surface area contributed by atoms with Crippen molar-refractivity contribution in [3.8, 4) is 0 Å². The fourth-order valence-electron chi connectivity index (χ4n) is 1.86. The summed E-state index contributed by atoms with van der Waals surface area (Å²) in [6.45, 7) is 1.80. The van der Waals surface area contributed by atoms with Gasteiger partial charge in [-0.25, -0.2) is 4.79 Å². The SMILES string of the molecule is CCOC(=O)c1nn(C(F)(F)Br)cc1Cc1ccccc1. The van der Waals surface area contributed by atoms with E-state index in [1.54, 1.807) is 6.92 Å². The maximum absolute atomic E-state index is 13.3. The van der Waals surface area contributed by atoms with Crippen LogP contribution in [0.2, 0.25) is 0 Å². The quantitative estimate of drug-likeness (QED) is 0.606. The number of rotatable bonds is 5. The summed E-state index contributed by atoms with van der Waals surface area (Å²) in [6.07, 6.45) is 1.46. The summed E-state index contributed by atoms with van der Waals surface area (Å²) >= 11 is 2.22. The van der Waals surface area contributed by atoms with Crippen LogP contribution in [0.1, 0.15) is 28.5 Å². The van der Waals surface area contributed by atoms with Crippen molar-refractivity contribution in [3.05, 3.63) is 53.3 Å². The van der Waals surface area contributed by atoms with Gasteiger partial charge in [0.25, 0.3) is 0 Å². The molecule has 112 valence electrons. The zero-order valence-corrected chi connectivity index (χ0v) is 12.8. The van der Waals surface area contributed by atoms with E-state index < -0.39 is 10.9 Å². The van der Waals surface area contributed by atoms with Crippen molar-refractivity contribution >= 4 is 21.9 Å². The van der Waals surface area contributed by atoms with Gasteiger partial charge in [-0.15, -0.1) is 0 Å². The monoisotopic (exact) mass is 358 g/mol. The minimum atomic E-state index is -3.36. The molecule has 0 aliphatic rings. The van der Waals surface area contributed by atoms with Gasteiger partial charge >= 0.3 is 10.9 Å². The third kappa shape index (κ3) is 3.87. The van der Waals surface area contributed by atoms with E-state index >= 15 is 0 Å². The second-order valence-electron chi connectivity index (χ2n) is 4.30. The largest absolute Gasteiger partial charge is 0.461 e. The summed E-state index contributed by atoms with van der Waals surface area (Å²) in [5.41, 5.74) is 1.18. The highest BCUT2D eigenvalue weighted by atomic mass is 79.9. The number of nitrogens with zero attached hydrogens (tertiary/aromatic N) is 2. The number of esters is 1. The first-order chi connectivity index (χ1) is 9.91. The molecule has 1 aromatic carbocycles. The van der Waals surface area contributed by atoms with Crippen LogP contribution in [0.15, 0.2) is 36.5 Å². The highest BCUT2D eigenvalue weighted by molar-refractivity contribution is 9.09. The molecule has 0 bridgehead atoms. The first kappa shape index (κ1) is 15.6. The Morgan fingerprint density at radius 2 is 2.05 bits per heavy atom. The van der Waals surface area contributed by atoms with Gasteiger partial charge in [0.1, 0.15) is 0 Å².